The zero-order valence-electron chi connectivity index (χ0n) is 18.0. The fourth-order valence-electron chi connectivity index (χ4n) is 3.98. The fraction of sp³-hybridized carbons (Fsp3) is 0.435. The number of rotatable bonds is 4. The molecule has 0 aliphatic heterocycles. The second-order valence-corrected chi connectivity index (χ2v) is 11.6. The Hall–Kier alpha value is -1.79. The molecule has 1 saturated carbocycles. The summed E-state index contributed by atoms with van der Waals surface area (Å²) in [5.41, 5.74) is -1.30. The van der Waals surface area contributed by atoms with Crippen molar-refractivity contribution in [3.8, 4) is 0 Å². The maximum atomic E-state index is 13.0. The molecule has 1 amide bonds. The standard InChI is InChI=1S/C23H23F3IN3O2S/c1-22(2,32)14-10-17-18(33-21(30-17)12-6-8-13(27)9-7-12)11-16(14)29-20(31)15-4-3-5-19(28-15)23(24,25)26/h3-5,10-13,32H,6-9H2,1-2H3,(H,29,31). The summed E-state index contributed by atoms with van der Waals surface area (Å²) in [6, 6.07) is 6.66. The molecule has 2 aromatic heterocycles. The van der Waals surface area contributed by atoms with Crippen LogP contribution in [0.3, 0.4) is 0 Å². The van der Waals surface area contributed by atoms with Gasteiger partial charge >= 0.3 is 6.18 Å². The Kier molecular flexibility index (Phi) is 6.71. The summed E-state index contributed by atoms with van der Waals surface area (Å²) in [6.07, 6.45) is -0.182. The Labute approximate surface area is 207 Å². The van der Waals surface area contributed by atoms with E-state index in [-0.39, 0.29) is 5.69 Å². The molecule has 4 rings (SSSR count). The molecule has 2 N–H and O–H groups in total. The van der Waals surface area contributed by atoms with Gasteiger partial charge < -0.3 is 10.4 Å². The van der Waals surface area contributed by atoms with Gasteiger partial charge in [0.1, 0.15) is 11.4 Å². The van der Waals surface area contributed by atoms with Crippen LogP contribution >= 0.6 is 33.9 Å². The zero-order chi connectivity index (χ0) is 24.0. The van der Waals surface area contributed by atoms with Crippen LogP contribution in [0.2, 0.25) is 0 Å². The molecular formula is C23H23F3IN3O2S. The number of benzene rings is 1. The molecule has 0 spiro atoms. The van der Waals surface area contributed by atoms with Crippen molar-refractivity contribution in [1.82, 2.24) is 9.97 Å². The van der Waals surface area contributed by atoms with E-state index in [9.17, 15) is 23.1 Å². The van der Waals surface area contributed by atoms with Crippen LogP contribution in [0.1, 0.15) is 72.2 Å². The molecule has 2 heterocycles. The van der Waals surface area contributed by atoms with Crippen LogP contribution in [-0.2, 0) is 11.8 Å². The molecule has 176 valence electrons. The number of anilines is 1. The molecule has 0 atom stereocenters. The Bertz CT molecular complexity index is 1180. The van der Waals surface area contributed by atoms with E-state index in [1.54, 1.807) is 37.3 Å². The lowest BCUT2D eigenvalue weighted by Gasteiger charge is -2.23. The third-order valence-corrected chi connectivity index (χ3v) is 8.16. The number of thiazole rings is 1. The summed E-state index contributed by atoms with van der Waals surface area (Å²) < 4.78 is 40.5. The van der Waals surface area contributed by atoms with Crippen molar-refractivity contribution in [3.63, 3.8) is 0 Å². The van der Waals surface area contributed by atoms with Crippen LogP contribution in [0.15, 0.2) is 30.3 Å². The van der Waals surface area contributed by atoms with Crippen molar-refractivity contribution in [2.45, 2.75) is 61.2 Å². The molecule has 1 aliphatic rings. The Morgan fingerprint density at radius 2 is 1.85 bits per heavy atom. The van der Waals surface area contributed by atoms with E-state index in [1.165, 1.54) is 6.07 Å². The van der Waals surface area contributed by atoms with Gasteiger partial charge in [-0.05, 0) is 63.8 Å². The molecule has 1 aliphatic carbocycles. The van der Waals surface area contributed by atoms with Crippen molar-refractivity contribution >= 4 is 55.7 Å². The molecule has 0 unspecified atom stereocenters. The number of carbonyl (C=O) groups excluding carboxylic acids is 1. The molecule has 3 aromatic rings. The number of pyridine rings is 1. The second-order valence-electron chi connectivity index (χ2n) is 8.79. The van der Waals surface area contributed by atoms with Gasteiger partial charge in [0, 0.05) is 21.1 Å². The highest BCUT2D eigenvalue weighted by Gasteiger charge is 2.33. The van der Waals surface area contributed by atoms with Crippen LogP contribution < -0.4 is 5.32 Å². The summed E-state index contributed by atoms with van der Waals surface area (Å²) >= 11 is 4.04. The van der Waals surface area contributed by atoms with Gasteiger partial charge in [0.2, 0.25) is 0 Å². The van der Waals surface area contributed by atoms with Crippen LogP contribution in [-0.4, -0.2) is 24.9 Å². The largest absolute Gasteiger partial charge is 0.433 e. The first kappa shape index (κ1) is 24.3. The van der Waals surface area contributed by atoms with Crippen LogP contribution in [0.25, 0.3) is 10.2 Å². The van der Waals surface area contributed by atoms with E-state index < -0.39 is 23.4 Å². The molecule has 0 saturated heterocycles. The van der Waals surface area contributed by atoms with Gasteiger partial charge in [-0.2, -0.15) is 13.2 Å². The smallest absolute Gasteiger partial charge is 0.386 e. The Morgan fingerprint density at radius 3 is 2.48 bits per heavy atom. The second kappa shape index (κ2) is 9.10. The molecule has 0 radical (unpaired) electrons. The van der Waals surface area contributed by atoms with Crippen LogP contribution in [0, 0.1) is 0 Å². The van der Waals surface area contributed by atoms with E-state index in [0.717, 1.165) is 53.0 Å². The summed E-state index contributed by atoms with van der Waals surface area (Å²) in [5, 5.41) is 14.4. The number of hydrogen-bond donors (Lipinski definition) is 2. The summed E-state index contributed by atoms with van der Waals surface area (Å²) in [5.74, 6) is -0.387. The van der Waals surface area contributed by atoms with Crippen molar-refractivity contribution in [1.29, 1.82) is 0 Å². The highest BCUT2D eigenvalue weighted by Crippen LogP contribution is 2.41. The van der Waals surface area contributed by atoms with Crippen molar-refractivity contribution in [3.05, 3.63) is 52.3 Å². The number of carbonyl (C=O) groups is 1. The SMILES string of the molecule is CC(C)(O)c1cc2nc(C3CCC(I)CC3)sc2cc1NC(=O)c1cccc(C(F)(F)F)n1. The highest BCUT2D eigenvalue weighted by molar-refractivity contribution is 14.1. The lowest BCUT2D eigenvalue weighted by atomic mass is 9.90. The Morgan fingerprint density at radius 1 is 1.15 bits per heavy atom. The number of hydrogen-bond acceptors (Lipinski definition) is 5. The normalized spacial score (nSPS) is 19.6. The van der Waals surface area contributed by atoms with Crippen molar-refractivity contribution < 1.29 is 23.1 Å². The number of amides is 1. The minimum absolute atomic E-state index is 0.324. The monoisotopic (exact) mass is 589 g/mol. The van der Waals surface area contributed by atoms with Crippen molar-refractivity contribution in [2.24, 2.45) is 0 Å². The molecule has 1 fully saturated rings. The number of alkyl halides is 4. The lowest BCUT2D eigenvalue weighted by Crippen LogP contribution is -2.22. The van der Waals surface area contributed by atoms with E-state index in [1.807, 2.05) is 0 Å². The van der Waals surface area contributed by atoms with Crippen LogP contribution in [0.4, 0.5) is 18.9 Å². The average Bonchev–Trinajstić information content (AvgIpc) is 3.15. The maximum absolute atomic E-state index is 13.0. The quantitative estimate of drug-likeness (QED) is 0.264. The van der Waals surface area contributed by atoms with Gasteiger partial charge in [0.25, 0.3) is 5.91 Å². The first-order chi connectivity index (χ1) is 15.4. The summed E-state index contributed by atoms with van der Waals surface area (Å²) in [7, 11) is 0. The van der Waals surface area contributed by atoms with E-state index >= 15 is 0 Å². The molecule has 0 bridgehead atoms. The topological polar surface area (TPSA) is 75.1 Å². The number of aromatic nitrogens is 2. The molecule has 33 heavy (non-hydrogen) atoms. The van der Waals surface area contributed by atoms with E-state index in [0.29, 0.717) is 21.1 Å². The first-order valence-corrected chi connectivity index (χ1v) is 12.6. The minimum atomic E-state index is -4.65. The minimum Gasteiger partial charge on any atom is -0.386 e. The third-order valence-electron chi connectivity index (χ3n) is 5.73. The predicted octanol–water partition coefficient (Wildman–Crippen LogP) is 6.65. The number of halogens is 4. The predicted molar refractivity (Wildman–Crippen MR) is 131 cm³/mol. The third kappa shape index (κ3) is 5.48. The van der Waals surface area contributed by atoms with Gasteiger partial charge in [-0.25, -0.2) is 9.97 Å². The summed E-state index contributed by atoms with van der Waals surface area (Å²) in [6.45, 7) is 3.17. The van der Waals surface area contributed by atoms with Gasteiger partial charge in [0.05, 0.1) is 20.8 Å². The molecule has 10 heteroatoms. The summed E-state index contributed by atoms with van der Waals surface area (Å²) in [4.78, 5) is 21.0. The lowest BCUT2D eigenvalue weighted by molar-refractivity contribution is -0.141. The zero-order valence-corrected chi connectivity index (χ0v) is 21.0. The van der Waals surface area contributed by atoms with Gasteiger partial charge in [-0.15, -0.1) is 11.3 Å². The molecular weight excluding hydrogens is 566 g/mol. The molecule has 5 nitrogen and oxygen atoms in total. The number of nitrogens with one attached hydrogen (secondary N) is 1. The number of fused-ring (bicyclic) bond motifs is 1. The number of nitrogens with zero attached hydrogens (tertiary/aromatic N) is 2. The number of aliphatic hydroxyl groups is 1. The highest BCUT2D eigenvalue weighted by atomic mass is 127. The first-order valence-electron chi connectivity index (χ1n) is 10.6. The fourth-order valence-corrected chi connectivity index (χ4v) is 5.86. The van der Waals surface area contributed by atoms with Gasteiger partial charge in [-0.1, -0.05) is 28.7 Å². The maximum Gasteiger partial charge on any atom is 0.433 e. The van der Waals surface area contributed by atoms with Crippen molar-refractivity contribution in [2.75, 3.05) is 5.32 Å². The van der Waals surface area contributed by atoms with Gasteiger partial charge in [0.15, 0.2) is 0 Å². The van der Waals surface area contributed by atoms with Crippen LogP contribution in [0.5, 0.6) is 0 Å². The average molecular weight is 589 g/mol. The van der Waals surface area contributed by atoms with E-state index in [2.05, 4.69) is 32.9 Å². The van der Waals surface area contributed by atoms with E-state index in [4.69, 9.17) is 4.98 Å². The molecule has 1 aromatic carbocycles. The van der Waals surface area contributed by atoms with Gasteiger partial charge in [-0.3, -0.25) is 4.79 Å². The Balaban J connectivity index is 1.68.